The summed E-state index contributed by atoms with van der Waals surface area (Å²) in [7, 11) is 0. The summed E-state index contributed by atoms with van der Waals surface area (Å²) in [4.78, 5) is 30.2. The molecule has 7 heteroatoms. The summed E-state index contributed by atoms with van der Waals surface area (Å²) >= 11 is 0. The first kappa shape index (κ1) is 21.6. The average Bonchev–Trinajstić information content (AvgIpc) is 2.94. The molecule has 0 radical (unpaired) electrons. The van der Waals surface area contributed by atoms with Crippen molar-refractivity contribution >= 4 is 17.6 Å². The molecule has 3 rings (SSSR count). The Morgan fingerprint density at radius 1 is 1.00 bits per heavy atom. The molecule has 1 aromatic carbocycles. The Labute approximate surface area is 174 Å². The molecule has 0 aliphatic carbocycles. The van der Waals surface area contributed by atoms with Crippen LogP contribution < -0.4 is 10.2 Å². The van der Waals surface area contributed by atoms with Crippen LogP contribution in [0, 0.1) is 0 Å². The van der Waals surface area contributed by atoms with Gasteiger partial charge in [0.1, 0.15) is 0 Å². The smallest absolute Gasteiger partial charge is 0.322 e. The van der Waals surface area contributed by atoms with Gasteiger partial charge in [0.05, 0.1) is 32.8 Å². The van der Waals surface area contributed by atoms with E-state index in [1.165, 1.54) is 10.5 Å². The molecule has 2 fully saturated rings. The number of ether oxygens (including phenoxy) is 1. The highest BCUT2D eigenvalue weighted by Gasteiger charge is 2.26. The minimum atomic E-state index is -0.0609. The Kier molecular flexibility index (Phi) is 7.14. The first-order chi connectivity index (χ1) is 13.8. The van der Waals surface area contributed by atoms with Gasteiger partial charge in [-0.3, -0.25) is 4.79 Å². The molecule has 2 heterocycles. The predicted octanol–water partition coefficient (Wildman–Crippen LogP) is 0.965. The number of rotatable bonds is 3. The first-order valence-corrected chi connectivity index (χ1v) is 10.7. The molecule has 1 unspecified atom stereocenters. The van der Waals surface area contributed by atoms with Crippen molar-refractivity contribution in [2.75, 3.05) is 64.3 Å². The topological polar surface area (TPSA) is 66.3 Å². The fraction of sp³-hybridized carbons (Fsp3) is 0.636. The normalized spacial score (nSPS) is 20.9. The third-order valence-electron chi connectivity index (χ3n) is 5.75. The van der Waals surface area contributed by atoms with Crippen LogP contribution in [0.1, 0.15) is 32.8 Å². The highest BCUT2D eigenvalue weighted by Crippen LogP contribution is 2.23. The fourth-order valence-electron chi connectivity index (χ4n) is 3.82. The largest absolute Gasteiger partial charge is 0.378 e. The lowest BCUT2D eigenvalue weighted by Crippen LogP contribution is -3.13. The van der Waals surface area contributed by atoms with Gasteiger partial charge in [-0.25, -0.2) is 4.79 Å². The summed E-state index contributed by atoms with van der Waals surface area (Å²) in [6, 6.07) is 8.01. The number of anilines is 1. The second-order valence-electron chi connectivity index (χ2n) is 9.02. The van der Waals surface area contributed by atoms with Crippen molar-refractivity contribution in [1.82, 2.24) is 9.80 Å². The number of hydrogen-bond acceptors (Lipinski definition) is 3. The van der Waals surface area contributed by atoms with Gasteiger partial charge in [0.25, 0.3) is 5.91 Å². The van der Waals surface area contributed by atoms with E-state index in [1.807, 2.05) is 21.9 Å². The fourth-order valence-corrected chi connectivity index (χ4v) is 3.82. The zero-order valence-corrected chi connectivity index (χ0v) is 18.0. The Morgan fingerprint density at radius 3 is 2.34 bits per heavy atom. The molecular formula is C22H35N4O3+. The van der Waals surface area contributed by atoms with Crippen LogP contribution in [-0.4, -0.2) is 80.8 Å². The molecule has 0 saturated carbocycles. The molecule has 7 nitrogen and oxygen atoms in total. The van der Waals surface area contributed by atoms with E-state index in [4.69, 9.17) is 4.74 Å². The summed E-state index contributed by atoms with van der Waals surface area (Å²) in [6.45, 7) is 12.8. The molecule has 29 heavy (non-hydrogen) atoms. The van der Waals surface area contributed by atoms with E-state index in [2.05, 4.69) is 38.2 Å². The summed E-state index contributed by atoms with van der Waals surface area (Å²) in [5.74, 6) is 0.195. The lowest BCUT2D eigenvalue weighted by atomic mass is 9.87. The number of urea groups is 1. The van der Waals surface area contributed by atoms with Crippen LogP contribution in [0.4, 0.5) is 10.5 Å². The third-order valence-corrected chi connectivity index (χ3v) is 5.75. The van der Waals surface area contributed by atoms with Gasteiger partial charge < -0.3 is 24.8 Å². The van der Waals surface area contributed by atoms with E-state index >= 15 is 0 Å². The monoisotopic (exact) mass is 403 g/mol. The molecule has 1 atom stereocenters. The van der Waals surface area contributed by atoms with Crippen LogP contribution in [0.3, 0.4) is 0 Å². The second kappa shape index (κ2) is 9.59. The molecule has 2 aliphatic rings. The van der Waals surface area contributed by atoms with Crippen LogP contribution in [0.15, 0.2) is 24.3 Å². The van der Waals surface area contributed by atoms with Gasteiger partial charge in [-0.05, 0) is 23.1 Å². The molecule has 2 saturated heterocycles. The van der Waals surface area contributed by atoms with E-state index in [-0.39, 0.29) is 17.4 Å². The quantitative estimate of drug-likeness (QED) is 0.790. The van der Waals surface area contributed by atoms with Gasteiger partial charge >= 0.3 is 6.03 Å². The van der Waals surface area contributed by atoms with Gasteiger partial charge in [0.15, 0.2) is 6.54 Å². The van der Waals surface area contributed by atoms with Crippen LogP contribution in [0.2, 0.25) is 0 Å². The van der Waals surface area contributed by atoms with Crippen molar-refractivity contribution in [3.63, 3.8) is 0 Å². The number of nitrogens with one attached hydrogen (secondary N) is 2. The SMILES string of the molecule is CC(C)(C)c1ccc(NC(=O)N2CCC[NH+](CC(=O)N3CCOCC3)CC2)cc1. The van der Waals surface area contributed by atoms with Gasteiger partial charge in [0, 0.05) is 31.7 Å². The number of carbonyl (C=O) groups is 2. The molecule has 0 bridgehead atoms. The lowest BCUT2D eigenvalue weighted by molar-refractivity contribution is -0.890. The Morgan fingerprint density at radius 2 is 1.69 bits per heavy atom. The summed E-state index contributed by atoms with van der Waals surface area (Å²) < 4.78 is 5.32. The van der Waals surface area contributed by atoms with Gasteiger partial charge in [0.2, 0.25) is 0 Å². The van der Waals surface area contributed by atoms with Crippen molar-refractivity contribution in [3.8, 4) is 0 Å². The number of amides is 3. The van der Waals surface area contributed by atoms with Gasteiger partial charge in [-0.2, -0.15) is 0 Å². The number of benzene rings is 1. The average molecular weight is 404 g/mol. The maximum atomic E-state index is 12.7. The van der Waals surface area contributed by atoms with Gasteiger partial charge in [-0.15, -0.1) is 0 Å². The van der Waals surface area contributed by atoms with E-state index in [0.717, 1.165) is 31.7 Å². The number of quaternary nitrogens is 1. The van der Waals surface area contributed by atoms with E-state index in [0.29, 0.717) is 39.4 Å². The van der Waals surface area contributed by atoms with Crippen molar-refractivity contribution in [3.05, 3.63) is 29.8 Å². The highest BCUT2D eigenvalue weighted by atomic mass is 16.5. The standard InChI is InChI=1S/C22H34N4O3/c1-22(2,3)18-5-7-19(8-6-18)23-21(28)26-10-4-9-24(11-12-26)17-20(27)25-13-15-29-16-14-25/h5-8H,4,9-17H2,1-3H3,(H,23,28)/p+1. The van der Waals surface area contributed by atoms with Gasteiger partial charge in [-0.1, -0.05) is 32.9 Å². The Balaban J connectivity index is 1.48. The lowest BCUT2D eigenvalue weighted by Gasteiger charge is -2.28. The molecule has 3 amide bonds. The molecule has 0 spiro atoms. The van der Waals surface area contributed by atoms with Crippen molar-refractivity contribution < 1.29 is 19.2 Å². The van der Waals surface area contributed by atoms with E-state index in [9.17, 15) is 9.59 Å². The zero-order chi connectivity index (χ0) is 20.9. The van der Waals surface area contributed by atoms with Crippen LogP contribution in [-0.2, 0) is 14.9 Å². The van der Waals surface area contributed by atoms with Crippen LogP contribution >= 0.6 is 0 Å². The molecular weight excluding hydrogens is 368 g/mol. The maximum Gasteiger partial charge on any atom is 0.322 e. The minimum Gasteiger partial charge on any atom is -0.378 e. The molecule has 160 valence electrons. The number of carbonyl (C=O) groups excluding carboxylic acids is 2. The van der Waals surface area contributed by atoms with Crippen LogP contribution in [0.5, 0.6) is 0 Å². The summed E-state index contributed by atoms with van der Waals surface area (Å²) in [5.41, 5.74) is 2.16. The Bertz CT molecular complexity index is 693. The minimum absolute atomic E-state index is 0.0609. The molecule has 2 aliphatic heterocycles. The number of morpholine rings is 1. The van der Waals surface area contributed by atoms with Crippen molar-refractivity contribution in [1.29, 1.82) is 0 Å². The molecule has 0 aromatic heterocycles. The maximum absolute atomic E-state index is 12.7. The highest BCUT2D eigenvalue weighted by molar-refractivity contribution is 5.89. The third kappa shape index (κ3) is 6.18. The summed E-state index contributed by atoms with van der Waals surface area (Å²) in [6.07, 6.45) is 0.905. The van der Waals surface area contributed by atoms with E-state index in [1.54, 1.807) is 0 Å². The number of hydrogen-bond donors (Lipinski definition) is 2. The van der Waals surface area contributed by atoms with Crippen molar-refractivity contribution in [2.24, 2.45) is 0 Å². The van der Waals surface area contributed by atoms with E-state index < -0.39 is 0 Å². The Hall–Kier alpha value is -2.12. The molecule has 1 aromatic rings. The van der Waals surface area contributed by atoms with Crippen LogP contribution in [0.25, 0.3) is 0 Å². The predicted molar refractivity (Wildman–Crippen MR) is 113 cm³/mol. The number of nitrogens with zero attached hydrogens (tertiary/aromatic N) is 2. The second-order valence-corrected chi connectivity index (χ2v) is 9.02. The summed E-state index contributed by atoms with van der Waals surface area (Å²) in [5, 5.41) is 3.01. The first-order valence-electron chi connectivity index (χ1n) is 10.7. The van der Waals surface area contributed by atoms with Crippen molar-refractivity contribution in [2.45, 2.75) is 32.6 Å². The zero-order valence-electron chi connectivity index (χ0n) is 18.0. The molecule has 2 N–H and O–H groups in total.